The largest absolute Gasteiger partial charge is 0.141 e. The van der Waals surface area contributed by atoms with Crippen molar-refractivity contribution in [3.05, 3.63) is 108 Å². The van der Waals surface area contributed by atoms with Gasteiger partial charge in [0.2, 0.25) is 0 Å². The quantitative estimate of drug-likeness (QED) is 0.449. The average Bonchev–Trinajstić information content (AvgIpc) is 2.65. The molecule has 3 aromatic carbocycles. The molecule has 0 aliphatic carbocycles. The van der Waals surface area contributed by atoms with Gasteiger partial charge in [-0.3, -0.25) is 0 Å². The standard InChI is InChI=1S/C22H22S.CH4/c1-2-18-23-22(19-12-6-3-7-13-19,20-14-8-4-9-15-20)21-16-10-5-11-17-21;/h3-17H,2,18H2,1H3;1H4. The zero-order chi connectivity index (χ0) is 16.0. The summed E-state index contributed by atoms with van der Waals surface area (Å²) in [6.45, 7) is 2.25. The summed E-state index contributed by atoms with van der Waals surface area (Å²) in [5, 5.41) is 0. The molecule has 3 rings (SSSR count). The topological polar surface area (TPSA) is 0 Å². The molecular formula is C23H26S. The van der Waals surface area contributed by atoms with E-state index in [1.165, 1.54) is 23.1 Å². The molecule has 1 heteroatoms. The highest BCUT2D eigenvalue weighted by atomic mass is 32.2. The number of thioether (sulfide) groups is 1. The average molecular weight is 335 g/mol. The second-order valence-electron chi connectivity index (χ2n) is 5.63. The van der Waals surface area contributed by atoms with E-state index in [4.69, 9.17) is 0 Å². The van der Waals surface area contributed by atoms with Gasteiger partial charge >= 0.3 is 0 Å². The predicted octanol–water partition coefficient (Wildman–Crippen LogP) is 6.76. The third-order valence-electron chi connectivity index (χ3n) is 4.06. The molecule has 0 aliphatic rings. The Bertz CT molecular complexity index is 608. The zero-order valence-corrected chi connectivity index (χ0v) is 14.3. The third-order valence-corrected chi connectivity index (χ3v) is 5.82. The van der Waals surface area contributed by atoms with Gasteiger partial charge in [0.05, 0.1) is 4.75 Å². The van der Waals surface area contributed by atoms with E-state index in [-0.39, 0.29) is 12.2 Å². The summed E-state index contributed by atoms with van der Waals surface area (Å²) in [4.78, 5) is 0. The molecule has 0 radical (unpaired) electrons. The highest BCUT2D eigenvalue weighted by molar-refractivity contribution is 8.00. The van der Waals surface area contributed by atoms with Gasteiger partial charge in [0, 0.05) is 0 Å². The fourth-order valence-electron chi connectivity index (χ4n) is 3.02. The van der Waals surface area contributed by atoms with Crippen molar-refractivity contribution in [1.82, 2.24) is 0 Å². The van der Waals surface area contributed by atoms with E-state index in [0.29, 0.717) is 0 Å². The summed E-state index contributed by atoms with van der Waals surface area (Å²) < 4.78 is -0.153. The Hall–Kier alpha value is -1.99. The van der Waals surface area contributed by atoms with Crippen LogP contribution in [-0.4, -0.2) is 5.75 Å². The summed E-state index contributed by atoms with van der Waals surface area (Å²) >= 11 is 2.03. The Morgan fingerprint density at radius 3 is 1.25 bits per heavy atom. The molecule has 0 N–H and O–H groups in total. The summed E-state index contributed by atoms with van der Waals surface area (Å²) in [7, 11) is 0. The van der Waals surface area contributed by atoms with E-state index in [1.807, 2.05) is 11.8 Å². The van der Waals surface area contributed by atoms with Crippen LogP contribution in [0.15, 0.2) is 91.0 Å². The molecule has 3 aromatic rings. The van der Waals surface area contributed by atoms with E-state index in [2.05, 4.69) is 97.9 Å². The third kappa shape index (κ3) is 3.57. The Kier molecular flexibility index (Phi) is 6.69. The van der Waals surface area contributed by atoms with E-state index >= 15 is 0 Å². The van der Waals surface area contributed by atoms with Crippen LogP contribution in [0.1, 0.15) is 37.5 Å². The minimum absolute atomic E-state index is 0. The van der Waals surface area contributed by atoms with Crippen molar-refractivity contribution < 1.29 is 0 Å². The van der Waals surface area contributed by atoms with Gasteiger partial charge in [-0.25, -0.2) is 0 Å². The molecule has 0 spiro atoms. The zero-order valence-electron chi connectivity index (χ0n) is 13.5. The molecule has 0 unspecified atom stereocenters. The number of benzene rings is 3. The first kappa shape index (κ1) is 18.4. The monoisotopic (exact) mass is 334 g/mol. The second kappa shape index (κ2) is 8.75. The van der Waals surface area contributed by atoms with Crippen LogP contribution in [0.25, 0.3) is 0 Å². The van der Waals surface area contributed by atoms with E-state index < -0.39 is 0 Å². The number of hydrogen-bond acceptors (Lipinski definition) is 1. The maximum absolute atomic E-state index is 2.25. The summed E-state index contributed by atoms with van der Waals surface area (Å²) in [6.07, 6.45) is 1.17. The van der Waals surface area contributed by atoms with Gasteiger partial charge < -0.3 is 0 Å². The Morgan fingerprint density at radius 1 is 0.625 bits per heavy atom. The lowest BCUT2D eigenvalue weighted by atomic mass is 9.84. The van der Waals surface area contributed by atoms with Crippen molar-refractivity contribution in [3.63, 3.8) is 0 Å². The fourth-order valence-corrected chi connectivity index (χ4v) is 4.44. The molecule has 0 atom stereocenters. The molecule has 0 nitrogen and oxygen atoms in total. The van der Waals surface area contributed by atoms with Crippen LogP contribution in [0, 0.1) is 0 Å². The Labute approximate surface area is 150 Å². The minimum Gasteiger partial charge on any atom is -0.141 e. The predicted molar refractivity (Wildman–Crippen MR) is 109 cm³/mol. The summed E-state index contributed by atoms with van der Waals surface area (Å²) in [5.41, 5.74) is 4.03. The van der Waals surface area contributed by atoms with Crippen molar-refractivity contribution >= 4 is 11.8 Å². The SMILES string of the molecule is C.CCCSC(c1ccccc1)(c1ccccc1)c1ccccc1. The second-order valence-corrected chi connectivity index (χ2v) is 6.94. The Morgan fingerprint density at radius 2 is 0.958 bits per heavy atom. The van der Waals surface area contributed by atoms with Crippen LogP contribution in [0.5, 0.6) is 0 Å². The first-order valence-electron chi connectivity index (χ1n) is 8.18. The molecule has 0 bridgehead atoms. The van der Waals surface area contributed by atoms with Crippen LogP contribution in [0.2, 0.25) is 0 Å². The van der Waals surface area contributed by atoms with Crippen molar-refractivity contribution in [3.8, 4) is 0 Å². The minimum atomic E-state index is -0.153. The van der Waals surface area contributed by atoms with E-state index in [1.54, 1.807) is 0 Å². The normalized spacial score (nSPS) is 10.9. The Balaban J connectivity index is 0.00000208. The molecule has 24 heavy (non-hydrogen) atoms. The lowest BCUT2D eigenvalue weighted by Gasteiger charge is -2.35. The van der Waals surface area contributed by atoms with Crippen molar-refractivity contribution in [2.75, 3.05) is 5.75 Å². The van der Waals surface area contributed by atoms with Crippen molar-refractivity contribution in [2.24, 2.45) is 0 Å². The molecule has 0 saturated heterocycles. The van der Waals surface area contributed by atoms with Gasteiger partial charge in [-0.2, -0.15) is 0 Å². The van der Waals surface area contributed by atoms with Gasteiger partial charge in [0.15, 0.2) is 0 Å². The lowest BCUT2D eigenvalue weighted by Crippen LogP contribution is -2.26. The molecule has 0 aromatic heterocycles. The van der Waals surface area contributed by atoms with Crippen LogP contribution >= 0.6 is 11.8 Å². The van der Waals surface area contributed by atoms with Gasteiger partial charge in [0.25, 0.3) is 0 Å². The van der Waals surface area contributed by atoms with Gasteiger partial charge in [-0.05, 0) is 28.9 Å². The van der Waals surface area contributed by atoms with Crippen LogP contribution < -0.4 is 0 Å². The maximum atomic E-state index is 2.25. The maximum Gasteiger partial charge on any atom is 0.0906 e. The van der Waals surface area contributed by atoms with E-state index in [0.717, 1.165) is 5.75 Å². The van der Waals surface area contributed by atoms with Crippen LogP contribution in [-0.2, 0) is 4.75 Å². The fraction of sp³-hybridized carbons (Fsp3) is 0.217. The van der Waals surface area contributed by atoms with Gasteiger partial charge in [-0.15, -0.1) is 11.8 Å². The van der Waals surface area contributed by atoms with Crippen molar-refractivity contribution in [1.29, 1.82) is 0 Å². The molecule has 124 valence electrons. The first-order valence-corrected chi connectivity index (χ1v) is 9.17. The molecule has 0 saturated carbocycles. The highest BCUT2D eigenvalue weighted by Gasteiger charge is 2.36. The van der Waals surface area contributed by atoms with Gasteiger partial charge in [-0.1, -0.05) is 105 Å². The van der Waals surface area contributed by atoms with E-state index in [9.17, 15) is 0 Å². The first-order chi connectivity index (χ1) is 11.4. The van der Waals surface area contributed by atoms with Crippen LogP contribution in [0.3, 0.4) is 0 Å². The summed E-state index contributed by atoms with van der Waals surface area (Å²) in [5.74, 6) is 1.12. The number of rotatable bonds is 6. The summed E-state index contributed by atoms with van der Waals surface area (Å²) in [6, 6.07) is 32.6. The molecular weight excluding hydrogens is 308 g/mol. The van der Waals surface area contributed by atoms with Gasteiger partial charge in [0.1, 0.15) is 0 Å². The molecule has 0 amide bonds. The lowest BCUT2D eigenvalue weighted by molar-refractivity contribution is 0.890. The molecule has 0 heterocycles. The molecule has 0 aliphatic heterocycles. The highest BCUT2D eigenvalue weighted by Crippen LogP contribution is 2.48. The van der Waals surface area contributed by atoms with Crippen LogP contribution in [0.4, 0.5) is 0 Å². The van der Waals surface area contributed by atoms with Crippen molar-refractivity contribution in [2.45, 2.75) is 25.5 Å². The smallest absolute Gasteiger partial charge is 0.0906 e. The molecule has 0 fully saturated rings. The number of hydrogen-bond donors (Lipinski definition) is 0.